The molecule has 0 saturated carbocycles. The van der Waals surface area contributed by atoms with Crippen LogP contribution in [0.3, 0.4) is 0 Å². The van der Waals surface area contributed by atoms with Gasteiger partial charge in [0.1, 0.15) is 5.82 Å². The molecule has 1 aliphatic rings. The summed E-state index contributed by atoms with van der Waals surface area (Å²) in [4.78, 5) is 3.86. The van der Waals surface area contributed by atoms with Crippen molar-refractivity contribution in [1.82, 2.24) is 20.1 Å². The lowest BCUT2D eigenvalue weighted by molar-refractivity contribution is -0.197. The number of alkyl halides is 3. The summed E-state index contributed by atoms with van der Waals surface area (Å²) >= 11 is 11.7. The molecule has 0 spiro atoms. The van der Waals surface area contributed by atoms with Crippen LogP contribution in [-0.2, 0) is 0 Å². The minimum absolute atomic E-state index is 0.168. The Kier molecular flexibility index (Phi) is 5.06. The smallest absolute Gasteiger partial charge is 0.429 e. The molecular weight excluding hydrogens is 485 g/mol. The number of nitrogens with two attached hydrogens (primary N) is 1. The minimum atomic E-state index is -5.08. The van der Waals surface area contributed by atoms with E-state index in [2.05, 4.69) is 15.4 Å². The van der Waals surface area contributed by atoms with Crippen molar-refractivity contribution in [3.8, 4) is 16.9 Å². The van der Waals surface area contributed by atoms with E-state index in [9.17, 15) is 17.6 Å². The molecule has 1 aromatic carbocycles. The number of benzene rings is 1. The van der Waals surface area contributed by atoms with Crippen LogP contribution in [0.25, 0.3) is 11.1 Å². The van der Waals surface area contributed by atoms with Crippen molar-refractivity contribution in [3.63, 3.8) is 0 Å². The van der Waals surface area contributed by atoms with Gasteiger partial charge in [-0.2, -0.15) is 18.3 Å². The standard InChI is InChI=1S/C21H19Cl2F4N5O/c22-14-1-2-15(24)18(23)17(14)19(21(25,26)27)33-16-7-11(8-30-20(16)28)12-9-31-32(10-12)13-3-5-29-6-4-13/h1-2,7-10,13,19,29H,3-6H2,(H2,28,30)/i5D2,6D2,13D. The summed E-state index contributed by atoms with van der Waals surface area (Å²) in [6, 6.07) is 1.04. The molecule has 0 radical (unpaired) electrons. The second-order valence-electron chi connectivity index (χ2n) is 6.98. The van der Waals surface area contributed by atoms with Gasteiger partial charge in [0.2, 0.25) is 6.10 Å². The maximum absolute atomic E-state index is 14.0. The van der Waals surface area contributed by atoms with Gasteiger partial charge in [-0.15, -0.1) is 0 Å². The molecule has 0 amide bonds. The largest absolute Gasteiger partial charge is 0.472 e. The van der Waals surface area contributed by atoms with Gasteiger partial charge in [0, 0.05) is 39.6 Å². The number of ether oxygens (including phenoxy) is 1. The summed E-state index contributed by atoms with van der Waals surface area (Å²) in [7, 11) is 0. The van der Waals surface area contributed by atoms with Crippen LogP contribution in [0.4, 0.5) is 23.4 Å². The Morgan fingerprint density at radius 3 is 2.67 bits per heavy atom. The predicted molar refractivity (Wildman–Crippen MR) is 117 cm³/mol. The summed E-state index contributed by atoms with van der Waals surface area (Å²) in [6.45, 7) is -4.41. The van der Waals surface area contributed by atoms with Crippen LogP contribution < -0.4 is 15.8 Å². The molecule has 3 heterocycles. The van der Waals surface area contributed by atoms with Crippen LogP contribution in [-0.4, -0.2) is 33.9 Å². The fraction of sp³-hybridized carbons (Fsp3) is 0.333. The first-order valence-corrected chi connectivity index (χ1v) is 10.1. The Hall–Kier alpha value is -2.56. The molecule has 1 unspecified atom stereocenters. The Labute approximate surface area is 203 Å². The van der Waals surface area contributed by atoms with Crippen molar-refractivity contribution in [1.29, 1.82) is 0 Å². The quantitative estimate of drug-likeness (QED) is 0.347. The molecule has 33 heavy (non-hydrogen) atoms. The van der Waals surface area contributed by atoms with Gasteiger partial charge >= 0.3 is 6.18 Å². The van der Waals surface area contributed by atoms with E-state index in [1.54, 1.807) is 0 Å². The van der Waals surface area contributed by atoms with Crippen molar-refractivity contribution in [2.24, 2.45) is 0 Å². The van der Waals surface area contributed by atoms with Gasteiger partial charge in [0.15, 0.2) is 11.6 Å². The van der Waals surface area contributed by atoms with Gasteiger partial charge in [-0.05, 0) is 44.0 Å². The third-order valence-electron chi connectivity index (χ3n) is 4.77. The fourth-order valence-electron chi connectivity index (χ4n) is 3.13. The van der Waals surface area contributed by atoms with E-state index in [-0.39, 0.29) is 11.1 Å². The average Bonchev–Trinajstić information content (AvgIpc) is 3.25. The van der Waals surface area contributed by atoms with E-state index in [0.29, 0.717) is 0 Å². The van der Waals surface area contributed by atoms with Crippen molar-refractivity contribution >= 4 is 29.0 Å². The van der Waals surface area contributed by atoms with Crippen LogP contribution in [0.5, 0.6) is 5.75 Å². The highest BCUT2D eigenvalue weighted by Gasteiger charge is 2.46. The normalized spacial score (nSPS) is 22.3. The van der Waals surface area contributed by atoms with Crippen molar-refractivity contribution < 1.29 is 29.2 Å². The maximum Gasteiger partial charge on any atom is 0.429 e. The number of halogens is 6. The molecule has 2 aromatic heterocycles. The molecule has 176 valence electrons. The van der Waals surface area contributed by atoms with Crippen LogP contribution in [0.1, 0.15) is 37.4 Å². The second-order valence-corrected chi connectivity index (χ2v) is 7.76. The minimum Gasteiger partial charge on any atom is -0.472 e. The first-order chi connectivity index (χ1) is 17.4. The number of nitrogens with one attached hydrogen (secondary N) is 1. The van der Waals surface area contributed by atoms with Crippen LogP contribution in [0, 0.1) is 5.82 Å². The van der Waals surface area contributed by atoms with Crippen LogP contribution in [0.15, 0.2) is 36.8 Å². The molecule has 0 aliphatic carbocycles. The molecule has 1 atom stereocenters. The van der Waals surface area contributed by atoms with Gasteiger partial charge in [0.05, 0.1) is 18.6 Å². The Morgan fingerprint density at radius 2 is 1.97 bits per heavy atom. The number of aromatic nitrogens is 3. The lowest BCUT2D eigenvalue weighted by Crippen LogP contribution is -2.29. The third kappa shape index (κ3) is 5.02. The second kappa shape index (κ2) is 9.36. The van der Waals surface area contributed by atoms with E-state index < -0.39 is 77.1 Å². The summed E-state index contributed by atoms with van der Waals surface area (Å²) in [5.74, 6) is -2.08. The highest BCUT2D eigenvalue weighted by atomic mass is 35.5. The Bertz CT molecular complexity index is 1360. The van der Waals surface area contributed by atoms with E-state index in [1.165, 1.54) is 18.6 Å². The van der Waals surface area contributed by atoms with Gasteiger partial charge in [-0.3, -0.25) is 4.68 Å². The number of anilines is 1. The SMILES string of the molecule is [2H]C1([2H])CC([2H])(n2cc(-c3cnc(N)c(OC(c4c(Cl)ccc(F)c4Cl)C(F)(F)F)c3)cn2)CC([2H])([2H])N1. The van der Waals surface area contributed by atoms with Crippen molar-refractivity contribution in [2.45, 2.75) is 31.1 Å². The monoisotopic (exact) mass is 508 g/mol. The zero-order valence-corrected chi connectivity index (χ0v) is 18.1. The number of hydrogen-bond acceptors (Lipinski definition) is 5. The number of nitrogens with zero attached hydrogens (tertiary/aromatic N) is 3. The predicted octanol–water partition coefficient (Wildman–Crippen LogP) is 5.58. The summed E-state index contributed by atoms with van der Waals surface area (Å²) in [5, 5.41) is 4.91. The molecule has 12 heteroatoms. The zero-order chi connectivity index (χ0) is 28.3. The molecule has 1 aliphatic heterocycles. The first kappa shape index (κ1) is 17.9. The van der Waals surface area contributed by atoms with Gasteiger partial charge in [-0.1, -0.05) is 23.2 Å². The number of pyridine rings is 1. The summed E-state index contributed by atoms with van der Waals surface area (Å²) < 4.78 is 103. The fourth-order valence-corrected chi connectivity index (χ4v) is 3.70. The highest BCUT2D eigenvalue weighted by molar-refractivity contribution is 6.36. The highest BCUT2D eigenvalue weighted by Crippen LogP contribution is 2.44. The molecule has 4 rings (SSSR count). The number of nitrogen functional groups attached to an aromatic ring is 1. The zero-order valence-electron chi connectivity index (χ0n) is 21.6. The van der Waals surface area contributed by atoms with Crippen molar-refractivity contribution in [2.75, 3.05) is 18.7 Å². The average molecular weight is 509 g/mol. The molecule has 1 fully saturated rings. The lowest BCUT2D eigenvalue weighted by atomic mass is 10.1. The van der Waals surface area contributed by atoms with Crippen LogP contribution in [0.2, 0.25) is 10.0 Å². The maximum atomic E-state index is 14.0. The molecular formula is C21H19Cl2F4N5O. The molecule has 1 saturated heterocycles. The summed E-state index contributed by atoms with van der Waals surface area (Å²) in [6.07, 6.45) is -4.97. The number of piperidine rings is 1. The third-order valence-corrected chi connectivity index (χ3v) is 5.48. The number of rotatable bonds is 5. The van der Waals surface area contributed by atoms with Gasteiger partial charge in [0.25, 0.3) is 0 Å². The number of hydrogen-bond donors (Lipinski definition) is 2. The van der Waals surface area contributed by atoms with E-state index in [1.807, 2.05) is 0 Å². The lowest BCUT2D eigenvalue weighted by Gasteiger charge is -2.24. The van der Waals surface area contributed by atoms with Gasteiger partial charge < -0.3 is 15.8 Å². The Morgan fingerprint density at radius 1 is 1.24 bits per heavy atom. The first-order valence-electron chi connectivity index (χ1n) is 11.9. The summed E-state index contributed by atoms with van der Waals surface area (Å²) in [5.41, 5.74) is 5.33. The van der Waals surface area contributed by atoms with E-state index >= 15 is 0 Å². The van der Waals surface area contributed by atoms with E-state index in [0.717, 1.165) is 22.9 Å². The molecule has 0 bridgehead atoms. The molecule has 6 nitrogen and oxygen atoms in total. The molecule has 3 aromatic rings. The molecule has 3 N–H and O–H groups in total. The van der Waals surface area contributed by atoms with Crippen LogP contribution >= 0.6 is 23.2 Å². The van der Waals surface area contributed by atoms with Gasteiger partial charge in [-0.25, -0.2) is 9.37 Å². The topological polar surface area (TPSA) is 78.0 Å². The van der Waals surface area contributed by atoms with Crippen molar-refractivity contribution in [3.05, 3.63) is 58.2 Å². The van der Waals surface area contributed by atoms with E-state index in [4.69, 9.17) is 40.5 Å². The Balaban J connectivity index is 1.70.